The number of nitrogens with one attached hydrogen (secondary N) is 1. The maximum Gasteiger partial charge on any atom is 0.417 e. The van der Waals surface area contributed by atoms with Crippen LogP contribution in [0.15, 0.2) is 36.4 Å². The van der Waals surface area contributed by atoms with E-state index in [0.29, 0.717) is 55.9 Å². The molecule has 3 aliphatic heterocycles. The number of rotatable bonds is 3. The quantitative estimate of drug-likeness (QED) is 0.504. The lowest BCUT2D eigenvalue weighted by Crippen LogP contribution is -2.59. The SMILES string of the molecule is Nc1nnc(Cl)cc1N1CCC(C(=O)OC(=O)N2CCC3(CC2)CNC3)(c2ccccc2)CC1. The molecule has 0 aliphatic carbocycles. The van der Waals surface area contributed by atoms with Crippen molar-refractivity contribution in [2.24, 2.45) is 5.41 Å². The van der Waals surface area contributed by atoms with Gasteiger partial charge in [-0.3, -0.25) is 4.79 Å². The van der Waals surface area contributed by atoms with Crippen LogP contribution < -0.4 is 16.0 Å². The number of piperidine rings is 2. The van der Waals surface area contributed by atoms with Gasteiger partial charge in [0, 0.05) is 45.3 Å². The Kier molecular flexibility index (Phi) is 6.07. The van der Waals surface area contributed by atoms with Gasteiger partial charge < -0.3 is 25.6 Å². The maximum atomic E-state index is 13.6. The van der Waals surface area contributed by atoms with Crippen molar-refractivity contribution < 1.29 is 14.3 Å². The molecule has 2 aromatic rings. The number of nitrogens with zero attached hydrogens (tertiary/aromatic N) is 4. The first-order chi connectivity index (χ1) is 16.4. The van der Waals surface area contributed by atoms with E-state index < -0.39 is 17.5 Å². The number of ether oxygens (including phenoxy) is 1. The van der Waals surface area contributed by atoms with Crippen molar-refractivity contribution in [1.82, 2.24) is 20.4 Å². The molecule has 0 atom stereocenters. The maximum absolute atomic E-state index is 13.6. The number of aromatic nitrogens is 2. The molecule has 1 amide bonds. The molecule has 0 radical (unpaired) electrons. The van der Waals surface area contributed by atoms with Crippen molar-refractivity contribution in [3.05, 3.63) is 47.1 Å². The predicted octanol–water partition coefficient (Wildman–Crippen LogP) is 2.60. The van der Waals surface area contributed by atoms with Crippen LogP contribution in [0.1, 0.15) is 31.2 Å². The average Bonchev–Trinajstić information content (AvgIpc) is 2.85. The number of amides is 1. The summed E-state index contributed by atoms with van der Waals surface area (Å²) in [5.41, 5.74) is 6.96. The first-order valence-electron chi connectivity index (χ1n) is 11.7. The molecular formula is C24H29ClN6O3. The molecule has 3 saturated heterocycles. The van der Waals surface area contributed by atoms with Crippen LogP contribution >= 0.6 is 11.6 Å². The van der Waals surface area contributed by atoms with Gasteiger partial charge in [-0.25, -0.2) is 4.79 Å². The third-order valence-corrected chi connectivity index (χ3v) is 7.89. The summed E-state index contributed by atoms with van der Waals surface area (Å²) in [6, 6.07) is 11.2. The van der Waals surface area contributed by atoms with E-state index in [1.807, 2.05) is 35.2 Å². The van der Waals surface area contributed by atoms with Crippen LogP contribution in [0.2, 0.25) is 5.15 Å². The number of likely N-dealkylation sites (tertiary alicyclic amines) is 1. The van der Waals surface area contributed by atoms with E-state index in [9.17, 15) is 9.59 Å². The van der Waals surface area contributed by atoms with Crippen molar-refractivity contribution >= 4 is 35.2 Å². The number of anilines is 2. The number of nitrogen functional groups attached to an aromatic ring is 1. The van der Waals surface area contributed by atoms with E-state index in [2.05, 4.69) is 15.5 Å². The Bertz CT molecular complexity index is 1060. The van der Waals surface area contributed by atoms with Crippen molar-refractivity contribution in [2.75, 3.05) is 49.9 Å². The summed E-state index contributed by atoms with van der Waals surface area (Å²) in [7, 11) is 0. The second-order valence-corrected chi connectivity index (χ2v) is 10.0. The Morgan fingerprint density at radius 2 is 1.68 bits per heavy atom. The van der Waals surface area contributed by atoms with Gasteiger partial charge in [-0.15, -0.1) is 10.2 Å². The number of hydrogen-bond donors (Lipinski definition) is 2. The summed E-state index contributed by atoms with van der Waals surface area (Å²) >= 11 is 6.02. The summed E-state index contributed by atoms with van der Waals surface area (Å²) in [5.74, 6) is -0.202. The Morgan fingerprint density at radius 1 is 1.00 bits per heavy atom. The number of benzene rings is 1. The molecule has 3 aliphatic rings. The monoisotopic (exact) mass is 484 g/mol. The zero-order chi connectivity index (χ0) is 23.8. The van der Waals surface area contributed by atoms with Crippen LogP contribution in [-0.2, 0) is 14.9 Å². The summed E-state index contributed by atoms with van der Waals surface area (Å²) in [4.78, 5) is 30.2. The van der Waals surface area contributed by atoms with Crippen LogP contribution in [0.4, 0.5) is 16.3 Å². The Balaban J connectivity index is 1.31. The number of nitrogens with two attached hydrogens (primary N) is 1. The Labute approximate surface area is 203 Å². The van der Waals surface area contributed by atoms with E-state index in [4.69, 9.17) is 22.1 Å². The summed E-state index contributed by atoms with van der Waals surface area (Å²) in [6.07, 6.45) is 2.27. The van der Waals surface area contributed by atoms with Gasteiger partial charge in [0.15, 0.2) is 11.0 Å². The summed E-state index contributed by atoms with van der Waals surface area (Å²) in [5, 5.41) is 11.3. The first kappa shape index (κ1) is 22.9. The number of hydrogen-bond acceptors (Lipinski definition) is 8. The molecule has 0 unspecified atom stereocenters. The van der Waals surface area contributed by atoms with Gasteiger partial charge in [-0.1, -0.05) is 41.9 Å². The van der Waals surface area contributed by atoms with E-state index >= 15 is 0 Å². The van der Waals surface area contributed by atoms with Crippen LogP contribution in [0, 0.1) is 5.41 Å². The fourth-order valence-electron chi connectivity index (χ4n) is 5.36. The zero-order valence-corrected chi connectivity index (χ0v) is 19.8. The molecule has 3 N–H and O–H groups in total. The molecule has 0 bridgehead atoms. The summed E-state index contributed by atoms with van der Waals surface area (Å²) in [6.45, 7) is 4.31. The highest BCUT2D eigenvalue weighted by Gasteiger charge is 2.47. The van der Waals surface area contributed by atoms with Gasteiger partial charge in [-0.2, -0.15) is 0 Å². The standard InChI is InChI=1S/C24H29ClN6O3/c25-19-14-18(20(26)29-28-19)30-12-8-24(9-13-30,17-4-2-1-3-5-17)21(32)34-22(33)31-10-6-23(7-11-31)15-27-16-23/h1-5,14,27H,6-13,15-16H2,(H2,26,29). The van der Waals surface area contributed by atoms with Crippen molar-refractivity contribution in [2.45, 2.75) is 31.1 Å². The molecule has 180 valence electrons. The Hall–Kier alpha value is -2.91. The minimum atomic E-state index is -0.915. The van der Waals surface area contributed by atoms with Crippen LogP contribution in [0.3, 0.4) is 0 Å². The molecular weight excluding hydrogens is 456 g/mol. The number of esters is 1. The fourth-order valence-corrected chi connectivity index (χ4v) is 5.50. The molecule has 34 heavy (non-hydrogen) atoms. The second-order valence-electron chi connectivity index (χ2n) is 9.62. The average molecular weight is 485 g/mol. The highest BCUT2D eigenvalue weighted by Crippen LogP contribution is 2.40. The van der Waals surface area contributed by atoms with Gasteiger partial charge in [-0.05, 0) is 36.7 Å². The molecule has 4 heterocycles. The summed E-state index contributed by atoms with van der Waals surface area (Å²) < 4.78 is 5.54. The van der Waals surface area contributed by atoms with E-state index in [1.165, 1.54) is 0 Å². The van der Waals surface area contributed by atoms with Gasteiger partial charge in [0.2, 0.25) is 0 Å². The highest BCUT2D eigenvalue weighted by atomic mass is 35.5. The lowest BCUT2D eigenvalue weighted by Gasteiger charge is -2.48. The number of halogens is 1. The molecule has 0 saturated carbocycles. The number of carbonyl (C=O) groups is 2. The molecule has 3 fully saturated rings. The van der Waals surface area contributed by atoms with Crippen molar-refractivity contribution in [3.8, 4) is 0 Å². The van der Waals surface area contributed by atoms with Gasteiger partial charge >= 0.3 is 12.1 Å². The molecule has 1 aromatic heterocycles. The van der Waals surface area contributed by atoms with E-state index in [0.717, 1.165) is 31.5 Å². The van der Waals surface area contributed by atoms with Crippen LogP contribution in [-0.4, -0.2) is 66.4 Å². The largest absolute Gasteiger partial charge is 0.417 e. The third-order valence-electron chi connectivity index (χ3n) is 7.71. The highest BCUT2D eigenvalue weighted by molar-refractivity contribution is 6.29. The number of carbonyl (C=O) groups excluding carboxylic acids is 2. The predicted molar refractivity (Wildman–Crippen MR) is 129 cm³/mol. The lowest BCUT2D eigenvalue weighted by atomic mass is 9.72. The van der Waals surface area contributed by atoms with E-state index in [1.54, 1.807) is 11.0 Å². The third kappa shape index (κ3) is 4.18. The molecule has 10 heteroatoms. The molecule has 1 aromatic carbocycles. The van der Waals surface area contributed by atoms with Crippen LogP contribution in [0.5, 0.6) is 0 Å². The fraction of sp³-hybridized carbons (Fsp3) is 0.500. The molecule has 9 nitrogen and oxygen atoms in total. The molecule has 5 rings (SSSR count). The lowest BCUT2D eigenvalue weighted by molar-refractivity contribution is -0.146. The van der Waals surface area contributed by atoms with Crippen LogP contribution in [0.25, 0.3) is 0 Å². The topological polar surface area (TPSA) is 114 Å². The normalized spacial score (nSPS) is 21.1. The van der Waals surface area contributed by atoms with E-state index in [-0.39, 0.29) is 5.15 Å². The van der Waals surface area contributed by atoms with Gasteiger partial charge in [0.05, 0.1) is 11.1 Å². The minimum absolute atomic E-state index is 0.259. The first-order valence-corrected chi connectivity index (χ1v) is 12.1. The zero-order valence-electron chi connectivity index (χ0n) is 19.0. The van der Waals surface area contributed by atoms with Crippen molar-refractivity contribution in [1.29, 1.82) is 0 Å². The smallest absolute Gasteiger partial charge is 0.380 e. The molecule has 1 spiro atoms. The second kappa shape index (κ2) is 9.03. The van der Waals surface area contributed by atoms with Gasteiger partial charge in [0.25, 0.3) is 0 Å². The Morgan fingerprint density at radius 3 is 2.29 bits per heavy atom. The van der Waals surface area contributed by atoms with Gasteiger partial charge in [0.1, 0.15) is 0 Å². The van der Waals surface area contributed by atoms with Crippen molar-refractivity contribution in [3.63, 3.8) is 0 Å². The minimum Gasteiger partial charge on any atom is -0.380 e.